The zero-order valence-electron chi connectivity index (χ0n) is 7.72. The fourth-order valence-corrected chi connectivity index (χ4v) is 2.13. The van der Waals surface area contributed by atoms with Crippen molar-refractivity contribution in [3.05, 3.63) is 34.0 Å². The molecule has 0 aliphatic rings. The largest absolute Gasteiger partial charge is 0.380 e. The van der Waals surface area contributed by atoms with Crippen molar-refractivity contribution in [3.63, 3.8) is 0 Å². The van der Waals surface area contributed by atoms with E-state index in [1.165, 1.54) is 0 Å². The molecule has 1 heterocycles. The van der Waals surface area contributed by atoms with Crippen molar-refractivity contribution in [2.45, 2.75) is 26.4 Å². The van der Waals surface area contributed by atoms with Gasteiger partial charge in [0.05, 0.1) is 0 Å². The van der Waals surface area contributed by atoms with Gasteiger partial charge in [0.15, 0.2) is 0 Å². The first-order chi connectivity index (χ1) is 5.46. The number of thiophene rings is 1. The molecule has 0 amide bonds. The van der Waals surface area contributed by atoms with E-state index in [0.29, 0.717) is 0 Å². The molecule has 0 aliphatic carbocycles. The lowest BCUT2D eigenvalue weighted by Crippen LogP contribution is -2.21. The van der Waals surface area contributed by atoms with Crippen LogP contribution in [0.25, 0.3) is 0 Å². The van der Waals surface area contributed by atoms with Gasteiger partial charge in [-0.05, 0) is 43.4 Å². The van der Waals surface area contributed by atoms with Crippen LogP contribution in [0.5, 0.6) is 0 Å². The average Bonchev–Trinajstić information content (AvgIpc) is 2.35. The predicted molar refractivity (Wildman–Crippen MR) is 53.4 cm³/mol. The maximum atomic E-state index is 10.0. The molecule has 0 saturated heterocycles. The van der Waals surface area contributed by atoms with E-state index in [2.05, 4.69) is 6.58 Å². The van der Waals surface area contributed by atoms with E-state index < -0.39 is 5.60 Å². The summed E-state index contributed by atoms with van der Waals surface area (Å²) in [5, 5.41) is 12.0. The Morgan fingerprint density at radius 2 is 2.25 bits per heavy atom. The molecule has 1 N–H and O–H groups in total. The normalized spacial score (nSPS) is 15.7. The Balaban J connectivity index is 3.13. The van der Waals surface area contributed by atoms with Crippen LogP contribution < -0.4 is 0 Å². The van der Waals surface area contributed by atoms with Gasteiger partial charge in [0.25, 0.3) is 0 Å². The molecule has 0 aromatic carbocycles. The van der Waals surface area contributed by atoms with E-state index in [0.717, 1.165) is 16.0 Å². The number of aryl methyl sites for hydroxylation is 1. The highest BCUT2D eigenvalue weighted by Crippen LogP contribution is 2.33. The van der Waals surface area contributed by atoms with Gasteiger partial charge in [0.2, 0.25) is 0 Å². The smallest absolute Gasteiger partial charge is 0.117 e. The summed E-state index contributed by atoms with van der Waals surface area (Å²) >= 11 is 1.57. The third-order valence-corrected chi connectivity index (χ3v) is 3.36. The minimum Gasteiger partial charge on any atom is -0.380 e. The Bertz CT molecular complexity index is 297. The predicted octanol–water partition coefficient (Wildman–Crippen LogP) is 2.84. The Morgan fingerprint density at radius 3 is 2.58 bits per heavy atom. The fraction of sp³-hybridized carbons (Fsp3) is 0.400. The Morgan fingerprint density at radius 1 is 1.67 bits per heavy atom. The van der Waals surface area contributed by atoms with Gasteiger partial charge in [-0.25, -0.2) is 0 Å². The van der Waals surface area contributed by atoms with Crippen molar-refractivity contribution in [2.24, 2.45) is 0 Å². The third kappa shape index (κ3) is 1.45. The summed E-state index contributed by atoms with van der Waals surface area (Å²) in [7, 11) is 0. The molecule has 0 aliphatic heterocycles. The van der Waals surface area contributed by atoms with Crippen LogP contribution in [0.4, 0.5) is 0 Å². The second kappa shape index (κ2) is 3.04. The number of hydrogen-bond donors (Lipinski definition) is 1. The summed E-state index contributed by atoms with van der Waals surface area (Å²) in [5.74, 6) is 0. The van der Waals surface area contributed by atoms with Gasteiger partial charge in [-0.1, -0.05) is 6.58 Å². The highest BCUT2D eigenvalue weighted by Gasteiger charge is 2.26. The molecule has 0 saturated carbocycles. The maximum Gasteiger partial charge on any atom is 0.117 e. The molecule has 1 atom stereocenters. The summed E-state index contributed by atoms with van der Waals surface area (Å²) in [4.78, 5) is 0.995. The quantitative estimate of drug-likeness (QED) is 0.697. The third-order valence-electron chi connectivity index (χ3n) is 2.14. The summed E-state index contributed by atoms with van der Waals surface area (Å²) in [5.41, 5.74) is 1.05. The SMILES string of the molecule is C=C(C)C(C)(O)c1sccc1C. The molecular formula is C10H14OS. The topological polar surface area (TPSA) is 20.2 Å². The van der Waals surface area contributed by atoms with Gasteiger partial charge in [-0.2, -0.15) is 0 Å². The van der Waals surface area contributed by atoms with Gasteiger partial charge in [0, 0.05) is 4.88 Å². The van der Waals surface area contributed by atoms with Crippen LogP contribution in [0.15, 0.2) is 23.6 Å². The summed E-state index contributed by atoms with van der Waals surface area (Å²) in [6.45, 7) is 9.42. The molecule has 1 unspecified atom stereocenters. The van der Waals surface area contributed by atoms with E-state index in [1.54, 1.807) is 18.3 Å². The van der Waals surface area contributed by atoms with Crippen LogP contribution in [-0.2, 0) is 5.60 Å². The lowest BCUT2D eigenvalue weighted by atomic mass is 9.95. The standard InChI is InChI=1S/C10H14OS/c1-7(2)10(4,11)9-8(3)5-6-12-9/h5-6,11H,1H2,2-4H3. The van der Waals surface area contributed by atoms with Crippen LogP contribution in [0.3, 0.4) is 0 Å². The van der Waals surface area contributed by atoms with Crippen molar-refractivity contribution >= 4 is 11.3 Å². The lowest BCUT2D eigenvalue weighted by Gasteiger charge is -2.23. The first kappa shape index (κ1) is 9.49. The second-order valence-electron chi connectivity index (χ2n) is 3.29. The summed E-state index contributed by atoms with van der Waals surface area (Å²) in [6, 6.07) is 2.01. The molecule has 12 heavy (non-hydrogen) atoms. The lowest BCUT2D eigenvalue weighted by molar-refractivity contribution is 0.101. The van der Waals surface area contributed by atoms with E-state index >= 15 is 0 Å². The number of rotatable bonds is 2. The van der Waals surface area contributed by atoms with Gasteiger partial charge in [-0.15, -0.1) is 11.3 Å². The zero-order valence-corrected chi connectivity index (χ0v) is 8.53. The summed E-state index contributed by atoms with van der Waals surface area (Å²) in [6.07, 6.45) is 0. The molecule has 2 heteroatoms. The fourth-order valence-electron chi connectivity index (χ4n) is 1.07. The zero-order chi connectivity index (χ0) is 9.35. The molecular weight excluding hydrogens is 168 g/mol. The molecule has 1 nitrogen and oxygen atoms in total. The summed E-state index contributed by atoms with van der Waals surface area (Å²) < 4.78 is 0. The van der Waals surface area contributed by atoms with Crippen LogP contribution in [0.1, 0.15) is 24.3 Å². The van der Waals surface area contributed by atoms with Crippen molar-refractivity contribution < 1.29 is 5.11 Å². The average molecular weight is 182 g/mol. The van der Waals surface area contributed by atoms with Gasteiger partial charge >= 0.3 is 0 Å². The van der Waals surface area contributed by atoms with Crippen LogP contribution in [0.2, 0.25) is 0 Å². The van der Waals surface area contributed by atoms with Crippen LogP contribution >= 0.6 is 11.3 Å². The minimum absolute atomic E-state index is 0.785. The minimum atomic E-state index is -0.863. The van der Waals surface area contributed by atoms with Crippen LogP contribution in [-0.4, -0.2) is 5.11 Å². The highest BCUT2D eigenvalue weighted by molar-refractivity contribution is 7.10. The molecule has 0 bridgehead atoms. The van der Waals surface area contributed by atoms with Gasteiger partial charge in [-0.3, -0.25) is 0 Å². The molecule has 1 aromatic heterocycles. The molecule has 1 aromatic rings. The Hall–Kier alpha value is -0.600. The Labute approximate surface area is 77.4 Å². The second-order valence-corrected chi connectivity index (χ2v) is 4.20. The van der Waals surface area contributed by atoms with E-state index in [4.69, 9.17) is 0 Å². The van der Waals surface area contributed by atoms with Crippen LogP contribution in [0, 0.1) is 6.92 Å². The first-order valence-electron chi connectivity index (χ1n) is 3.89. The first-order valence-corrected chi connectivity index (χ1v) is 4.77. The Kier molecular flexibility index (Phi) is 2.40. The highest BCUT2D eigenvalue weighted by atomic mass is 32.1. The van der Waals surface area contributed by atoms with E-state index in [9.17, 15) is 5.11 Å². The van der Waals surface area contributed by atoms with Crippen molar-refractivity contribution in [2.75, 3.05) is 0 Å². The monoisotopic (exact) mass is 182 g/mol. The van der Waals surface area contributed by atoms with E-state index in [-0.39, 0.29) is 0 Å². The number of hydrogen-bond acceptors (Lipinski definition) is 2. The molecule has 0 fully saturated rings. The van der Waals surface area contributed by atoms with Crippen molar-refractivity contribution in [1.29, 1.82) is 0 Å². The molecule has 66 valence electrons. The van der Waals surface area contributed by atoms with Gasteiger partial charge < -0.3 is 5.11 Å². The van der Waals surface area contributed by atoms with E-state index in [1.807, 2.05) is 25.3 Å². The molecule has 1 rings (SSSR count). The van der Waals surface area contributed by atoms with Gasteiger partial charge in [0.1, 0.15) is 5.60 Å². The molecule has 0 spiro atoms. The molecule has 0 radical (unpaired) electrons. The van der Waals surface area contributed by atoms with Crippen molar-refractivity contribution in [1.82, 2.24) is 0 Å². The maximum absolute atomic E-state index is 10.0. The number of aliphatic hydroxyl groups is 1. The van der Waals surface area contributed by atoms with Crippen molar-refractivity contribution in [3.8, 4) is 0 Å².